The summed E-state index contributed by atoms with van der Waals surface area (Å²) >= 11 is 0. The van der Waals surface area contributed by atoms with Crippen LogP contribution in [0, 0.1) is 0 Å². The zero-order valence-corrected chi connectivity index (χ0v) is 21.0. The van der Waals surface area contributed by atoms with Gasteiger partial charge in [-0.2, -0.15) is 0 Å². The van der Waals surface area contributed by atoms with Crippen molar-refractivity contribution >= 4 is 5.97 Å². The van der Waals surface area contributed by atoms with Crippen molar-refractivity contribution in [2.75, 3.05) is 39.6 Å². The van der Waals surface area contributed by atoms with E-state index in [-0.39, 0.29) is 5.41 Å². The predicted molar refractivity (Wildman–Crippen MR) is 135 cm³/mol. The number of benzene rings is 2. The Morgan fingerprint density at radius 3 is 1.83 bits per heavy atom. The number of rotatable bonds is 14. The summed E-state index contributed by atoms with van der Waals surface area (Å²) in [6.07, 6.45) is 6.10. The molecule has 0 unspecified atom stereocenters. The third-order valence-electron chi connectivity index (χ3n) is 6.53. The number of carbonyl (C=O) groups is 1. The highest BCUT2D eigenvalue weighted by Gasteiger charge is 2.54. The van der Waals surface area contributed by atoms with Crippen molar-refractivity contribution in [1.29, 1.82) is 0 Å². The summed E-state index contributed by atoms with van der Waals surface area (Å²) in [6, 6.07) is 15.8. The fourth-order valence-electron chi connectivity index (χ4n) is 4.28. The molecule has 0 amide bonds. The molecule has 3 aliphatic rings. The van der Waals surface area contributed by atoms with Gasteiger partial charge in [-0.25, -0.2) is 4.79 Å². The number of esters is 1. The first kappa shape index (κ1) is 26.2. The molecule has 0 N–H and O–H groups in total. The smallest absolute Gasteiger partial charge is 0.330 e. The third kappa shape index (κ3) is 6.27. The van der Waals surface area contributed by atoms with E-state index in [1.54, 1.807) is 0 Å². The minimum atomic E-state index is -1.18. The molecule has 7 heteroatoms. The normalized spacial score (nSPS) is 22.7. The summed E-state index contributed by atoms with van der Waals surface area (Å²) in [5.74, 6) is 0.0444. The van der Waals surface area contributed by atoms with Gasteiger partial charge < -0.3 is 28.4 Å². The van der Waals surface area contributed by atoms with Crippen molar-refractivity contribution in [3.05, 3.63) is 72.3 Å². The molecule has 0 aromatic heterocycles. The Bertz CT molecular complexity index is 959. The number of hydrogen-bond acceptors (Lipinski definition) is 7. The minimum absolute atomic E-state index is 0.328. The van der Waals surface area contributed by atoms with Gasteiger partial charge in [-0.05, 0) is 61.2 Å². The van der Waals surface area contributed by atoms with Crippen LogP contribution in [0.5, 0.6) is 11.5 Å². The van der Waals surface area contributed by atoms with Crippen LogP contribution in [0.4, 0.5) is 0 Å². The van der Waals surface area contributed by atoms with Crippen molar-refractivity contribution in [2.24, 2.45) is 0 Å². The zero-order valence-electron chi connectivity index (χ0n) is 21.0. The van der Waals surface area contributed by atoms with E-state index in [0.29, 0.717) is 33.0 Å². The van der Waals surface area contributed by atoms with Crippen LogP contribution in [0.2, 0.25) is 0 Å². The summed E-state index contributed by atoms with van der Waals surface area (Å²) in [4.78, 5) is 11.0. The molecule has 0 saturated carbocycles. The number of fused-ring (bicyclic) bond motifs is 3. The van der Waals surface area contributed by atoms with Gasteiger partial charge in [0.25, 0.3) is 0 Å². The Morgan fingerprint density at radius 2 is 1.31 bits per heavy atom. The van der Waals surface area contributed by atoms with E-state index in [2.05, 4.69) is 25.6 Å². The Kier molecular flexibility index (Phi) is 9.02. The quantitative estimate of drug-likeness (QED) is 0.200. The minimum Gasteiger partial charge on any atom is -0.494 e. The molecule has 3 saturated heterocycles. The Morgan fingerprint density at radius 1 is 0.806 bits per heavy atom. The van der Waals surface area contributed by atoms with Gasteiger partial charge in [0, 0.05) is 11.6 Å². The summed E-state index contributed by atoms with van der Waals surface area (Å²) < 4.78 is 35.1. The number of carbonyl (C=O) groups excluding carboxylic acids is 1. The summed E-state index contributed by atoms with van der Waals surface area (Å²) in [5, 5.41) is 0. The molecule has 194 valence electrons. The Hall–Kier alpha value is -2.87. The van der Waals surface area contributed by atoms with E-state index in [1.165, 1.54) is 12.8 Å². The first-order chi connectivity index (χ1) is 17.6. The lowest BCUT2D eigenvalue weighted by atomic mass is 9.80. The molecule has 3 fully saturated rings. The maximum Gasteiger partial charge on any atom is 0.330 e. The second kappa shape index (κ2) is 12.4. The van der Waals surface area contributed by atoms with E-state index in [1.807, 2.05) is 36.4 Å². The molecular weight excluding hydrogens is 460 g/mol. The molecule has 2 bridgehead atoms. The van der Waals surface area contributed by atoms with Crippen LogP contribution in [0.15, 0.2) is 61.2 Å². The largest absolute Gasteiger partial charge is 0.494 e. The molecule has 5 rings (SSSR count). The maximum absolute atomic E-state index is 11.0. The van der Waals surface area contributed by atoms with Crippen LogP contribution >= 0.6 is 0 Å². The SMILES string of the molecule is C=CC(=O)OCCCCOc1ccc(C23OCC(c4ccc(OCCCCC)cc4)(CO2)CO3)cc1. The number of unbranched alkanes of at least 4 members (excludes halogenated alkanes) is 3. The molecule has 0 atom stereocenters. The molecule has 2 aromatic rings. The molecule has 3 heterocycles. The highest BCUT2D eigenvalue weighted by atomic mass is 16.9. The van der Waals surface area contributed by atoms with Gasteiger partial charge in [-0.15, -0.1) is 0 Å². The number of ether oxygens (including phenoxy) is 6. The molecule has 0 aliphatic carbocycles. The van der Waals surface area contributed by atoms with Gasteiger partial charge in [0.1, 0.15) is 11.5 Å². The van der Waals surface area contributed by atoms with E-state index in [0.717, 1.165) is 54.6 Å². The van der Waals surface area contributed by atoms with E-state index in [9.17, 15) is 4.79 Å². The van der Waals surface area contributed by atoms with Gasteiger partial charge >= 0.3 is 11.9 Å². The zero-order chi connectivity index (χ0) is 25.3. The third-order valence-corrected chi connectivity index (χ3v) is 6.53. The second-order valence-corrected chi connectivity index (χ2v) is 9.23. The van der Waals surface area contributed by atoms with Crippen molar-refractivity contribution < 1.29 is 33.2 Å². The van der Waals surface area contributed by atoms with Gasteiger partial charge in [0.15, 0.2) is 0 Å². The van der Waals surface area contributed by atoms with Crippen molar-refractivity contribution in [2.45, 2.75) is 50.4 Å². The Balaban J connectivity index is 1.25. The molecular formula is C29H36O7. The average molecular weight is 497 g/mol. The number of hydrogen-bond donors (Lipinski definition) is 0. The van der Waals surface area contributed by atoms with Gasteiger partial charge in [-0.3, -0.25) is 0 Å². The first-order valence-electron chi connectivity index (χ1n) is 12.8. The van der Waals surface area contributed by atoms with Crippen LogP contribution in [0.25, 0.3) is 0 Å². The fourth-order valence-corrected chi connectivity index (χ4v) is 4.28. The molecule has 2 aromatic carbocycles. The molecule has 36 heavy (non-hydrogen) atoms. The van der Waals surface area contributed by atoms with Crippen LogP contribution in [-0.2, 0) is 35.1 Å². The molecule has 3 aliphatic heterocycles. The lowest BCUT2D eigenvalue weighted by molar-refractivity contribution is -0.466. The van der Waals surface area contributed by atoms with Crippen LogP contribution in [0.3, 0.4) is 0 Å². The monoisotopic (exact) mass is 496 g/mol. The van der Waals surface area contributed by atoms with E-state index < -0.39 is 11.9 Å². The predicted octanol–water partition coefficient (Wildman–Crippen LogP) is 5.27. The standard InChI is InChI=1S/C29H36O7/c1-3-5-6-17-31-25-13-9-23(10-14-25)28-20-34-29(35-21-28,36-22-28)24-11-15-26(16-12-24)32-18-7-8-19-33-27(30)4-2/h4,9-16H,2-3,5-8,17-22H2,1H3. The van der Waals surface area contributed by atoms with Crippen LogP contribution in [-0.4, -0.2) is 45.6 Å². The highest BCUT2D eigenvalue weighted by molar-refractivity contribution is 5.81. The average Bonchev–Trinajstić information content (AvgIpc) is 2.94. The molecule has 0 radical (unpaired) electrons. The van der Waals surface area contributed by atoms with Gasteiger partial charge in [0.2, 0.25) is 0 Å². The summed E-state index contributed by atoms with van der Waals surface area (Å²) in [5.41, 5.74) is 1.60. The first-order valence-corrected chi connectivity index (χ1v) is 12.8. The summed E-state index contributed by atoms with van der Waals surface area (Å²) in [6.45, 7) is 8.73. The van der Waals surface area contributed by atoms with Gasteiger partial charge in [0.05, 0.1) is 45.1 Å². The topological polar surface area (TPSA) is 72.5 Å². The second-order valence-electron chi connectivity index (χ2n) is 9.23. The van der Waals surface area contributed by atoms with E-state index in [4.69, 9.17) is 28.4 Å². The lowest BCUT2D eigenvalue weighted by Gasteiger charge is -2.52. The lowest BCUT2D eigenvalue weighted by Crippen LogP contribution is -2.60. The summed E-state index contributed by atoms with van der Waals surface area (Å²) in [7, 11) is 0. The molecule has 7 nitrogen and oxygen atoms in total. The van der Waals surface area contributed by atoms with Crippen molar-refractivity contribution in [1.82, 2.24) is 0 Å². The Labute approximate surface area is 213 Å². The van der Waals surface area contributed by atoms with Crippen LogP contribution in [0.1, 0.15) is 50.2 Å². The highest BCUT2D eigenvalue weighted by Crippen LogP contribution is 2.46. The van der Waals surface area contributed by atoms with Crippen LogP contribution < -0.4 is 9.47 Å². The fraction of sp³-hybridized carbons (Fsp3) is 0.483. The maximum atomic E-state index is 11.0. The van der Waals surface area contributed by atoms with E-state index >= 15 is 0 Å². The van der Waals surface area contributed by atoms with Gasteiger partial charge in [-0.1, -0.05) is 38.5 Å². The van der Waals surface area contributed by atoms with Crippen molar-refractivity contribution in [3.8, 4) is 11.5 Å². The van der Waals surface area contributed by atoms with Crippen molar-refractivity contribution in [3.63, 3.8) is 0 Å². The molecule has 0 spiro atoms.